The largest absolute Gasteiger partial charge is 0.481 e. The monoisotopic (exact) mass is 175 g/mol. The Morgan fingerprint density at radius 3 is 2.54 bits per heavy atom. The molecule has 0 saturated heterocycles. The van der Waals surface area contributed by atoms with Gasteiger partial charge in [0.15, 0.2) is 0 Å². The van der Waals surface area contributed by atoms with Gasteiger partial charge in [-0.2, -0.15) is 0 Å². The zero-order chi connectivity index (χ0) is 9.68. The van der Waals surface area contributed by atoms with Crippen LogP contribution in [0, 0.1) is 12.3 Å². The molecule has 1 aromatic rings. The highest BCUT2D eigenvalue weighted by Gasteiger charge is 1.98. The van der Waals surface area contributed by atoms with Crippen LogP contribution in [0.5, 0.6) is 5.75 Å². The van der Waals surface area contributed by atoms with E-state index in [1.54, 1.807) is 0 Å². The average molecular weight is 175 g/mol. The Balaban J connectivity index is 2.65. The molecule has 13 heavy (non-hydrogen) atoms. The van der Waals surface area contributed by atoms with Crippen LogP contribution in [0.25, 0.3) is 0 Å². The molecule has 0 aliphatic rings. The van der Waals surface area contributed by atoms with E-state index in [1.807, 2.05) is 31.2 Å². The molecule has 0 amide bonds. The number of rotatable bonds is 3. The Morgan fingerprint density at radius 1 is 1.46 bits per heavy atom. The fraction of sp³-hybridized carbons (Fsp3) is 0.273. The minimum Gasteiger partial charge on any atom is -0.481 e. The van der Waals surface area contributed by atoms with E-state index in [9.17, 15) is 0 Å². The average Bonchev–Trinajstić information content (AvgIpc) is 2.15. The fourth-order valence-electron chi connectivity index (χ4n) is 0.993. The highest BCUT2D eigenvalue weighted by molar-refractivity contribution is 5.28. The number of benzene rings is 1. The first-order valence-corrected chi connectivity index (χ1v) is 4.16. The number of nitrogens with two attached hydrogens (primary N) is 1. The van der Waals surface area contributed by atoms with Crippen molar-refractivity contribution in [3.8, 4) is 18.1 Å². The lowest BCUT2D eigenvalue weighted by Crippen LogP contribution is -2.04. The second kappa shape index (κ2) is 4.54. The summed E-state index contributed by atoms with van der Waals surface area (Å²) in [7, 11) is 0. The van der Waals surface area contributed by atoms with Crippen LogP contribution in [0.1, 0.15) is 18.5 Å². The van der Waals surface area contributed by atoms with Crippen LogP contribution in [0.15, 0.2) is 24.3 Å². The van der Waals surface area contributed by atoms with Crippen molar-refractivity contribution in [3.63, 3.8) is 0 Å². The maximum absolute atomic E-state index is 5.69. The second-order valence-electron chi connectivity index (χ2n) is 2.85. The molecule has 0 radical (unpaired) electrons. The van der Waals surface area contributed by atoms with Crippen LogP contribution < -0.4 is 10.5 Å². The van der Waals surface area contributed by atoms with E-state index < -0.39 is 0 Å². The molecule has 2 N–H and O–H groups in total. The van der Waals surface area contributed by atoms with Crippen molar-refractivity contribution in [2.24, 2.45) is 5.73 Å². The minimum absolute atomic E-state index is 0.0571. The van der Waals surface area contributed by atoms with Crippen LogP contribution >= 0.6 is 0 Å². The van der Waals surface area contributed by atoms with Crippen molar-refractivity contribution in [3.05, 3.63) is 29.8 Å². The molecule has 0 aliphatic carbocycles. The van der Waals surface area contributed by atoms with Crippen molar-refractivity contribution < 1.29 is 4.74 Å². The number of hydrogen-bond donors (Lipinski definition) is 1. The third-order valence-corrected chi connectivity index (χ3v) is 1.73. The zero-order valence-electron chi connectivity index (χ0n) is 7.66. The van der Waals surface area contributed by atoms with Crippen LogP contribution in [0.3, 0.4) is 0 Å². The summed E-state index contributed by atoms with van der Waals surface area (Å²) in [4.78, 5) is 0. The molecule has 0 bridgehead atoms. The molecule has 0 saturated carbocycles. The molecule has 68 valence electrons. The van der Waals surface area contributed by atoms with Crippen molar-refractivity contribution >= 4 is 0 Å². The van der Waals surface area contributed by atoms with E-state index >= 15 is 0 Å². The molecule has 0 aromatic heterocycles. The van der Waals surface area contributed by atoms with E-state index in [4.69, 9.17) is 16.9 Å². The smallest absolute Gasteiger partial charge is 0.148 e. The maximum Gasteiger partial charge on any atom is 0.148 e. The van der Waals surface area contributed by atoms with Crippen LogP contribution in [0.2, 0.25) is 0 Å². The van der Waals surface area contributed by atoms with Gasteiger partial charge >= 0.3 is 0 Å². The first kappa shape index (κ1) is 9.63. The van der Waals surface area contributed by atoms with Gasteiger partial charge in [0.1, 0.15) is 12.4 Å². The lowest BCUT2D eigenvalue weighted by molar-refractivity contribution is 0.370. The standard InChI is InChI=1S/C11H13NO/c1-3-8-13-11-6-4-10(5-7-11)9(2)12/h1,4-7,9H,8,12H2,2H3/t9-/m0/s1. The molecule has 0 heterocycles. The first-order valence-electron chi connectivity index (χ1n) is 4.16. The molecule has 0 unspecified atom stereocenters. The Labute approximate surface area is 78.7 Å². The number of terminal acetylenes is 1. The van der Waals surface area contributed by atoms with Gasteiger partial charge in [-0.05, 0) is 24.6 Å². The molecular weight excluding hydrogens is 162 g/mol. The first-order chi connectivity index (χ1) is 6.24. The Morgan fingerprint density at radius 2 is 2.08 bits per heavy atom. The van der Waals surface area contributed by atoms with Gasteiger partial charge in [-0.15, -0.1) is 6.42 Å². The Hall–Kier alpha value is -1.46. The second-order valence-corrected chi connectivity index (χ2v) is 2.85. The van der Waals surface area contributed by atoms with Gasteiger partial charge < -0.3 is 10.5 Å². The summed E-state index contributed by atoms with van der Waals surface area (Å²) < 4.78 is 5.21. The normalized spacial score (nSPS) is 11.8. The minimum atomic E-state index is 0.0571. The molecule has 2 nitrogen and oxygen atoms in total. The van der Waals surface area contributed by atoms with Gasteiger partial charge in [0.25, 0.3) is 0 Å². The molecule has 0 aliphatic heterocycles. The maximum atomic E-state index is 5.69. The highest BCUT2D eigenvalue weighted by Crippen LogP contribution is 2.15. The summed E-state index contributed by atoms with van der Waals surface area (Å²) in [5.74, 6) is 3.19. The molecule has 1 rings (SSSR count). The zero-order valence-corrected chi connectivity index (χ0v) is 7.66. The third kappa shape index (κ3) is 2.81. The summed E-state index contributed by atoms with van der Waals surface area (Å²) in [6.45, 7) is 2.24. The lowest BCUT2D eigenvalue weighted by atomic mass is 10.1. The van der Waals surface area contributed by atoms with E-state index in [0.29, 0.717) is 6.61 Å². The van der Waals surface area contributed by atoms with E-state index in [1.165, 1.54) is 0 Å². The summed E-state index contributed by atoms with van der Waals surface area (Å²) in [6, 6.07) is 7.68. The van der Waals surface area contributed by atoms with Gasteiger partial charge in [0.2, 0.25) is 0 Å². The van der Waals surface area contributed by atoms with Crippen LogP contribution in [-0.4, -0.2) is 6.61 Å². The lowest BCUT2D eigenvalue weighted by Gasteiger charge is -2.06. The number of hydrogen-bond acceptors (Lipinski definition) is 2. The Kier molecular flexibility index (Phi) is 3.36. The van der Waals surface area contributed by atoms with Gasteiger partial charge in [0.05, 0.1) is 0 Å². The number of ether oxygens (including phenoxy) is 1. The van der Waals surface area contributed by atoms with E-state index in [0.717, 1.165) is 11.3 Å². The topological polar surface area (TPSA) is 35.2 Å². The van der Waals surface area contributed by atoms with Crippen molar-refractivity contribution in [2.75, 3.05) is 6.61 Å². The van der Waals surface area contributed by atoms with Gasteiger partial charge in [-0.1, -0.05) is 18.1 Å². The summed E-state index contributed by atoms with van der Waals surface area (Å²) in [5.41, 5.74) is 6.78. The van der Waals surface area contributed by atoms with Gasteiger partial charge in [0, 0.05) is 6.04 Å². The molecule has 1 atom stereocenters. The van der Waals surface area contributed by atoms with Crippen molar-refractivity contribution in [1.29, 1.82) is 0 Å². The van der Waals surface area contributed by atoms with Gasteiger partial charge in [-0.25, -0.2) is 0 Å². The molecule has 1 aromatic carbocycles. The summed E-state index contributed by atoms with van der Waals surface area (Å²) >= 11 is 0. The third-order valence-electron chi connectivity index (χ3n) is 1.73. The molecule has 2 heteroatoms. The van der Waals surface area contributed by atoms with E-state index in [-0.39, 0.29) is 6.04 Å². The van der Waals surface area contributed by atoms with Crippen LogP contribution in [-0.2, 0) is 0 Å². The summed E-state index contributed by atoms with van der Waals surface area (Å²) in [6.07, 6.45) is 5.06. The highest BCUT2D eigenvalue weighted by atomic mass is 16.5. The van der Waals surface area contributed by atoms with Crippen molar-refractivity contribution in [1.82, 2.24) is 0 Å². The van der Waals surface area contributed by atoms with Crippen molar-refractivity contribution in [2.45, 2.75) is 13.0 Å². The molecule has 0 fully saturated rings. The summed E-state index contributed by atoms with van der Waals surface area (Å²) in [5, 5.41) is 0. The predicted molar refractivity (Wildman–Crippen MR) is 53.4 cm³/mol. The van der Waals surface area contributed by atoms with E-state index in [2.05, 4.69) is 5.92 Å². The molecule has 0 spiro atoms. The molecular formula is C11H13NO. The predicted octanol–water partition coefficient (Wildman–Crippen LogP) is 1.72. The fourth-order valence-corrected chi connectivity index (χ4v) is 0.993. The van der Waals surface area contributed by atoms with Gasteiger partial charge in [-0.3, -0.25) is 0 Å². The SMILES string of the molecule is C#CCOc1ccc([C@H](C)N)cc1. The Bertz CT molecular complexity index is 295. The quantitative estimate of drug-likeness (QED) is 0.710. The van der Waals surface area contributed by atoms with Crippen LogP contribution in [0.4, 0.5) is 0 Å².